The number of benzene rings is 1. The van der Waals surface area contributed by atoms with Gasteiger partial charge in [-0.3, -0.25) is 0 Å². The summed E-state index contributed by atoms with van der Waals surface area (Å²) >= 11 is 0. The number of rotatable bonds is 1. The van der Waals surface area contributed by atoms with Crippen molar-refractivity contribution >= 4 is 5.97 Å². The average Bonchev–Trinajstić information content (AvgIpc) is 2.06. The van der Waals surface area contributed by atoms with Crippen molar-refractivity contribution in [1.82, 2.24) is 0 Å². The molecule has 1 aromatic carbocycles. The normalized spacial score (nSPS) is 8.67. The molecule has 1 aromatic rings. The lowest BCUT2D eigenvalue weighted by molar-refractivity contribution is 0.0685. The van der Waals surface area contributed by atoms with E-state index in [1.54, 1.807) is 24.3 Å². The van der Waals surface area contributed by atoms with Crippen LogP contribution in [0.2, 0.25) is 0 Å². The Labute approximate surface area is 70.2 Å². The number of hydrogen-bond acceptors (Lipinski definition) is 3. The molecule has 0 N–H and O–H groups in total. The maximum absolute atomic E-state index is 10.9. The van der Waals surface area contributed by atoms with E-state index in [2.05, 4.69) is 4.74 Å². The van der Waals surface area contributed by atoms with Crippen LogP contribution in [0.3, 0.4) is 0 Å². The van der Waals surface area contributed by atoms with Crippen LogP contribution in [-0.4, -0.2) is 5.97 Å². The second-order valence-electron chi connectivity index (χ2n) is 2.35. The summed E-state index contributed by atoms with van der Waals surface area (Å²) in [5, 5.41) is 8.06. The van der Waals surface area contributed by atoms with Crippen LogP contribution >= 0.6 is 0 Å². The Kier molecular flexibility index (Phi) is 2.44. The molecule has 3 nitrogen and oxygen atoms in total. The van der Waals surface area contributed by atoms with E-state index in [1.165, 1.54) is 6.26 Å². The molecule has 0 fully saturated rings. The van der Waals surface area contributed by atoms with Crippen molar-refractivity contribution in [2.45, 2.75) is 6.92 Å². The third kappa shape index (κ3) is 1.83. The van der Waals surface area contributed by atoms with Crippen LogP contribution in [0, 0.1) is 18.4 Å². The molecule has 0 spiro atoms. The summed E-state index contributed by atoms with van der Waals surface area (Å²) in [4.78, 5) is 10.9. The molecule has 12 heavy (non-hydrogen) atoms. The van der Waals surface area contributed by atoms with Crippen LogP contribution in [0.5, 0.6) is 0 Å². The summed E-state index contributed by atoms with van der Waals surface area (Å²) < 4.78 is 4.13. The first-order chi connectivity index (χ1) is 5.74. The zero-order chi connectivity index (χ0) is 8.97. The van der Waals surface area contributed by atoms with Crippen molar-refractivity contribution in [2.24, 2.45) is 0 Å². The molecule has 1 rings (SSSR count). The Morgan fingerprint density at radius 1 is 1.42 bits per heavy atom. The van der Waals surface area contributed by atoms with Gasteiger partial charge >= 0.3 is 5.97 Å². The van der Waals surface area contributed by atoms with Gasteiger partial charge in [-0.15, -0.1) is 5.26 Å². The van der Waals surface area contributed by atoms with Gasteiger partial charge < -0.3 is 4.74 Å². The third-order valence-electron chi connectivity index (χ3n) is 1.43. The van der Waals surface area contributed by atoms with Gasteiger partial charge in [0.25, 0.3) is 6.26 Å². The number of ether oxygens (including phenoxy) is 1. The van der Waals surface area contributed by atoms with Gasteiger partial charge in [-0.2, -0.15) is 0 Å². The zero-order valence-corrected chi connectivity index (χ0v) is 6.57. The minimum absolute atomic E-state index is 0.391. The van der Waals surface area contributed by atoms with E-state index < -0.39 is 5.97 Å². The Morgan fingerprint density at radius 2 is 2.00 bits per heavy atom. The molecular formula is C9H7NO2. The highest BCUT2D eigenvalue weighted by Crippen LogP contribution is 2.03. The predicted octanol–water partition coefficient (Wildman–Crippen LogP) is 1.63. The van der Waals surface area contributed by atoms with Gasteiger partial charge in [-0.05, 0) is 19.1 Å². The SMILES string of the molecule is Cc1ccc(C(=O)OC#N)cc1. The molecular weight excluding hydrogens is 154 g/mol. The Balaban J connectivity index is 2.84. The van der Waals surface area contributed by atoms with Gasteiger partial charge in [0.1, 0.15) is 0 Å². The quantitative estimate of drug-likeness (QED) is 0.464. The maximum Gasteiger partial charge on any atom is 0.353 e. The molecule has 0 heterocycles. The summed E-state index contributed by atoms with van der Waals surface area (Å²) in [5.74, 6) is -0.613. The fourth-order valence-electron chi connectivity index (χ4n) is 0.790. The predicted molar refractivity (Wildman–Crippen MR) is 42.2 cm³/mol. The van der Waals surface area contributed by atoms with Gasteiger partial charge in [0.05, 0.1) is 5.56 Å². The van der Waals surface area contributed by atoms with E-state index in [9.17, 15) is 4.79 Å². The highest BCUT2D eigenvalue weighted by Gasteiger charge is 2.04. The first-order valence-electron chi connectivity index (χ1n) is 3.41. The number of hydrogen-bond donors (Lipinski definition) is 0. The molecule has 0 radical (unpaired) electrons. The summed E-state index contributed by atoms with van der Waals surface area (Å²) in [6.45, 7) is 1.92. The maximum atomic E-state index is 10.9. The van der Waals surface area contributed by atoms with Crippen LogP contribution in [0.4, 0.5) is 0 Å². The lowest BCUT2D eigenvalue weighted by Crippen LogP contribution is -1.99. The Morgan fingerprint density at radius 3 is 2.50 bits per heavy atom. The molecule has 0 atom stereocenters. The number of carbonyl (C=O) groups is 1. The minimum atomic E-state index is -0.613. The molecule has 0 aromatic heterocycles. The minimum Gasteiger partial charge on any atom is -0.347 e. The monoisotopic (exact) mass is 161 g/mol. The first kappa shape index (κ1) is 8.28. The fraction of sp³-hybridized carbons (Fsp3) is 0.111. The van der Waals surface area contributed by atoms with Crippen LogP contribution in [0.25, 0.3) is 0 Å². The number of nitrogens with zero attached hydrogens (tertiary/aromatic N) is 1. The molecule has 3 heteroatoms. The van der Waals surface area contributed by atoms with Crippen molar-refractivity contribution < 1.29 is 9.53 Å². The van der Waals surface area contributed by atoms with Crippen molar-refractivity contribution in [3.8, 4) is 6.26 Å². The topological polar surface area (TPSA) is 50.1 Å². The largest absolute Gasteiger partial charge is 0.353 e. The molecule has 0 aliphatic heterocycles. The van der Waals surface area contributed by atoms with E-state index in [-0.39, 0.29) is 0 Å². The summed E-state index contributed by atoms with van der Waals surface area (Å²) in [7, 11) is 0. The van der Waals surface area contributed by atoms with Gasteiger partial charge in [-0.25, -0.2) is 4.79 Å². The molecule has 0 bridgehead atoms. The van der Waals surface area contributed by atoms with Crippen LogP contribution in [0.15, 0.2) is 24.3 Å². The molecule has 0 aliphatic rings. The van der Waals surface area contributed by atoms with Gasteiger partial charge in [0, 0.05) is 0 Å². The standard InChI is InChI=1S/C9H7NO2/c1-7-2-4-8(5-3-7)9(11)12-6-10/h2-5H,1H3. The van der Waals surface area contributed by atoms with Crippen molar-refractivity contribution in [3.63, 3.8) is 0 Å². The van der Waals surface area contributed by atoms with E-state index in [4.69, 9.17) is 5.26 Å². The van der Waals surface area contributed by atoms with E-state index >= 15 is 0 Å². The fourth-order valence-corrected chi connectivity index (χ4v) is 0.790. The van der Waals surface area contributed by atoms with Gasteiger partial charge in [-0.1, -0.05) is 17.7 Å². The number of carbonyl (C=O) groups excluding carboxylic acids is 1. The second-order valence-corrected chi connectivity index (χ2v) is 2.35. The molecule has 0 unspecified atom stereocenters. The van der Waals surface area contributed by atoms with Crippen LogP contribution in [-0.2, 0) is 4.74 Å². The van der Waals surface area contributed by atoms with Gasteiger partial charge in [0.15, 0.2) is 0 Å². The average molecular weight is 161 g/mol. The Hall–Kier alpha value is -1.82. The van der Waals surface area contributed by atoms with Crippen molar-refractivity contribution in [1.29, 1.82) is 5.26 Å². The van der Waals surface area contributed by atoms with Crippen LogP contribution in [0.1, 0.15) is 15.9 Å². The lowest BCUT2D eigenvalue weighted by Gasteiger charge is -1.95. The highest BCUT2D eigenvalue weighted by molar-refractivity contribution is 5.89. The molecule has 0 saturated carbocycles. The van der Waals surface area contributed by atoms with Crippen molar-refractivity contribution in [2.75, 3.05) is 0 Å². The van der Waals surface area contributed by atoms with Crippen molar-refractivity contribution in [3.05, 3.63) is 35.4 Å². The lowest BCUT2D eigenvalue weighted by atomic mass is 10.2. The number of nitriles is 1. The van der Waals surface area contributed by atoms with E-state index in [1.807, 2.05) is 6.92 Å². The molecule has 0 saturated heterocycles. The van der Waals surface area contributed by atoms with Gasteiger partial charge in [0.2, 0.25) is 0 Å². The third-order valence-corrected chi connectivity index (χ3v) is 1.43. The zero-order valence-electron chi connectivity index (χ0n) is 6.57. The van der Waals surface area contributed by atoms with E-state index in [0.29, 0.717) is 5.56 Å². The van der Waals surface area contributed by atoms with E-state index in [0.717, 1.165) is 5.56 Å². The number of esters is 1. The molecule has 0 aliphatic carbocycles. The summed E-state index contributed by atoms with van der Waals surface area (Å²) in [6, 6.07) is 6.81. The number of aryl methyl sites for hydroxylation is 1. The first-order valence-corrected chi connectivity index (χ1v) is 3.41. The van der Waals surface area contributed by atoms with Crippen LogP contribution < -0.4 is 0 Å². The molecule has 60 valence electrons. The smallest absolute Gasteiger partial charge is 0.347 e. The Bertz CT molecular complexity index is 321. The summed E-state index contributed by atoms with van der Waals surface area (Å²) in [5.41, 5.74) is 1.45. The summed E-state index contributed by atoms with van der Waals surface area (Å²) in [6.07, 6.45) is 1.33. The highest BCUT2D eigenvalue weighted by atomic mass is 16.5. The second kappa shape index (κ2) is 3.54. The molecule has 0 amide bonds.